The van der Waals surface area contributed by atoms with E-state index in [-0.39, 0.29) is 17.6 Å². The van der Waals surface area contributed by atoms with Gasteiger partial charge in [-0.3, -0.25) is 14.5 Å². The Kier molecular flexibility index (Phi) is 5.40. The molecule has 1 amide bonds. The van der Waals surface area contributed by atoms with E-state index in [1.165, 1.54) is 5.69 Å². The van der Waals surface area contributed by atoms with Crippen LogP contribution in [0.1, 0.15) is 34.3 Å². The number of hydrogen-bond acceptors (Lipinski definition) is 5. The number of piperazine rings is 1. The number of amides is 1. The van der Waals surface area contributed by atoms with Crippen molar-refractivity contribution >= 4 is 23.1 Å². The van der Waals surface area contributed by atoms with Gasteiger partial charge >= 0.3 is 0 Å². The molecule has 0 aromatic heterocycles. The zero-order chi connectivity index (χ0) is 21.4. The van der Waals surface area contributed by atoms with Crippen LogP contribution in [-0.4, -0.2) is 56.4 Å². The van der Waals surface area contributed by atoms with Crippen molar-refractivity contribution in [2.75, 3.05) is 50.1 Å². The molecule has 31 heavy (non-hydrogen) atoms. The van der Waals surface area contributed by atoms with E-state index < -0.39 is 0 Å². The van der Waals surface area contributed by atoms with Crippen molar-refractivity contribution in [1.29, 1.82) is 0 Å². The second-order valence-corrected chi connectivity index (χ2v) is 8.80. The van der Waals surface area contributed by atoms with Crippen LogP contribution in [0.2, 0.25) is 0 Å². The molecule has 3 aliphatic rings. The van der Waals surface area contributed by atoms with Gasteiger partial charge in [0.05, 0.1) is 19.2 Å². The highest BCUT2D eigenvalue weighted by atomic mass is 16.5. The molecular formula is C25H29N3O3. The summed E-state index contributed by atoms with van der Waals surface area (Å²) >= 11 is 0. The fourth-order valence-electron chi connectivity index (χ4n) is 5.20. The fraction of sp³-hybridized carbons (Fsp3) is 0.440. The molecule has 6 heteroatoms. The third kappa shape index (κ3) is 3.92. The largest absolute Gasteiger partial charge is 0.495 e. The number of fused-ring (bicyclic) bond motifs is 2. The van der Waals surface area contributed by atoms with E-state index in [1.54, 1.807) is 7.11 Å². The molecule has 2 aromatic carbocycles. The number of hydrogen-bond donors (Lipinski definition) is 1. The van der Waals surface area contributed by atoms with Gasteiger partial charge in [0, 0.05) is 43.3 Å². The quantitative estimate of drug-likeness (QED) is 0.779. The first-order valence-electron chi connectivity index (χ1n) is 11.2. The van der Waals surface area contributed by atoms with E-state index in [0.29, 0.717) is 6.42 Å². The summed E-state index contributed by atoms with van der Waals surface area (Å²) in [5.74, 6) is 1.29. The third-order valence-corrected chi connectivity index (χ3v) is 6.88. The predicted molar refractivity (Wildman–Crippen MR) is 121 cm³/mol. The molecule has 1 aliphatic carbocycles. The number of nitrogens with one attached hydrogen (secondary N) is 1. The molecule has 1 saturated heterocycles. The highest BCUT2D eigenvalue weighted by Gasteiger charge is 2.33. The van der Waals surface area contributed by atoms with Crippen LogP contribution in [0.25, 0.3) is 0 Å². The Morgan fingerprint density at radius 2 is 1.87 bits per heavy atom. The van der Waals surface area contributed by atoms with Crippen molar-refractivity contribution in [2.24, 2.45) is 5.92 Å². The molecule has 162 valence electrons. The molecule has 1 N–H and O–H groups in total. The van der Waals surface area contributed by atoms with Gasteiger partial charge in [-0.2, -0.15) is 0 Å². The summed E-state index contributed by atoms with van der Waals surface area (Å²) in [5, 5.41) is 2.86. The highest BCUT2D eigenvalue weighted by molar-refractivity contribution is 6.06. The Bertz CT molecular complexity index is 1010. The van der Waals surface area contributed by atoms with Crippen LogP contribution in [0, 0.1) is 5.92 Å². The van der Waals surface area contributed by atoms with Gasteiger partial charge in [0.1, 0.15) is 5.75 Å². The Hall–Kier alpha value is -2.86. The summed E-state index contributed by atoms with van der Waals surface area (Å²) in [6.45, 7) is 5.08. The number of anilines is 2. The van der Waals surface area contributed by atoms with E-state index in [1.807, 2.05) is 18.2 Å². The van der Waals surface area contributed by atoms with Gasteiger partial charge in [-0.1, -0.05) is 18.2 Å². The summed E-state index contributed by atoms with van der Waals surface area (Å²) in [7, 11) is 1.72. The number of ketones is 1. The number of carbonyl (C=O) groups excluding carboxylic acids is 2. The van der Waals surface area contributed by atoms with E-state index in [4.69, 9.17) is 4.74 Å². The zero-order valence-corrected chi connectivity index (χ0v) is 18.0. The van der Waals surface area contributed by atoms with Crippen molar-refractivity contribution in [3.05, 3.63) is 53.1 Å². The van der Waals surface area contributed by atoms with Crippen LogP contribution >= 0.6 is 0 Å². The molecule has 0 spiro atoms. The summed E-state index contributed by atoms with van der Waals surface area (Å²) in [6.07, 6.45) is 3.21. The minimum Gasteiger partial charge on any atom is -0.495 e. The fourth-order valence-corrected chi connectivity index (χ4v) is 5.20. The number of Topliss-reactive ketones (excluding diaryl/α,β-unsaturated/α-hetero) is 1. The average molecular weight is 420 g/mol. The summed E-state index contributed by atoms with van der Waals surface area (Å²) in [5.41, 5.74) is 4.96. The van der Waals surface area contributed by atoms with Gasteiger partial charge in [0.15, 0.2) is 5.78 Å². The average Bonchev–Trinajstić information content (AvgIpc) is 3.30. The maximum Gasteiger partial charge on any atom is 0.228 e. The van der Waals surface area contributed by atoms with E-state index in [9.17, 15) is 9.59 Å². The van der Waals surface area contributed by atoms with E-state index >= 15 is 0 Å². The number of para-hydroxylation sites is 2. The molecule has 6 nitrogen and oxygen atoms in total. The zero-order valence-electron chi connectivity index (χ0n) is 18.0. The molecule has 0 radical (unpaired) electrons. The van der Waals surface area contributed by atoms with Gasteiger partial charge in [-0.15, -0.1) is 0 Å². The molecule has 1 atom stereocenters. The van der Waals surface area contributed by atoms with Crippen molar-refractivity contribution in [1.82, 2.24) is 4.90 Å². The Morgan fingerprint density at radius 3 is 2.68 bits per heavy atom. The van der Waals surface area contributed by atoms with E-state index in [2.05, 4.69) is 33.3 Å². The van der Waals surface area contributed by atoms with Crippen LogP contribution in [0.5, 0.6) is 5.75 Å². The number of ether oxygens (including phenoxy) is 1. The van der Waals surface area contributed by atoms with E-state index in [0.717, 1.165) is 80.1 Å². The Labute approximate surface area is 183 Å². The molecular weight excluding hydrogens is 390 g/mol. The first-order valence-corrected chi connectivity index (χ1v) is 11.2. The molecule has 5 rings (SSSR count). The first-order chi connectivity index (χ1) is 15.1. The van der Waals surface area contributed by atoms with Crippen molar-refractivity contribution in [2.45, 2.75) is 25.7 Å². The lowest BCUT2D eigenvalue weighted by Crippen LogP contribution is -2.46. The lowest BCUT2D eigenvalue weighted by molar-refractivity contribution is -0.115. The SMILES string of the molecule is COc1ccccc1N1CCN(CCCC2Cc3cc4c(cc3C2=O)NC(=O)C4)CC1. The molecule has 1 unspecified atom stereocenters. The molecule has 1 fully saturated rings. The smallest absolute Gasteiger partial charge is 0.228 e. The lowest BCUT2D eigenvalue weighted by atomic mass is 9.99. The number of nitrogens with zero attached hydrogens (tertiary/aromatic N) is 2. The molecule has 2 aromatic rings. The molecule has 2 heterocycles. The monoisotopic (exact) mass is 419 g/mol. The van der Waals surface area contributed by atoms with Crippen LogP contribution in [0.4, 0.5) is 11.4 Å². The third-order valence-electron chi connectivity index (χ3n) is 6.88. The number of methoxy groups -OCH3 is 1. The van der Waals surface area contributed by atoms with Gasteiger partial charge in [-0.05, 0) is 55.1 Å². The van der Waals surface area contributed by atoms with Crippen LogP contribution in [0.15, 0.2) is 36.4 Å². The second kappa shape index (κ2) is 8.35. The standard InChI is InChI=1S/C25H29N3O3/c1-31-23-7-3-2-6-22(23)28-11-9-27(10-12-28)8-4-5-17-13-18-14-19-15-24(29)26-21(19)16-20(18)25(17)30/h2-3,6-7,14,16-17H,4-5,8-13,15H2,1H3,(H,26,29). The van der Waals surface area contributed by atoms with Gasteiger partial charge in [-0.25, -0.2) is 0 Å². The maximum atomic E-state index is 12.9. The molecule has 0 saturated carbocycles. The Balaban J connectivity index is 1.11. The maximum absolute atomic E-state index is 12.9. The topological polar surface area (TPSA) is 61.9 Å². The van der Waals surface area contributed by atoms with Crippen molar-refractivity contribution in [3.8, 4) is 5.75 Å². The van der Waals surface area contributed by atoms with Crippen molar-refractivity contribution < 1.29 is 14.3 Å². The van der Waals surface area contributed by atoms with Gasteiger partial charge in [0.2, 0.25) is 5.91 Å². The summed E-state index contributed by atoms with van der Waals surface area (Å²) in [4.78, 5) is 29.4. The molecule has 0 bridgehead atoms. The van der Waals surface area contributed by atoms with Crippen LogP contribution in [-0.2, 0) is 17.6 Å². The second-order valence-electron chi connectivity index (χ2n) is 8.80. The molecule has 2 aliphatic heterocycles. The van der Waals surface area contributed by atoms with Crippen molar-refractivity contribution in [3.63, 3.8) is 0 Å². The summed E-state index contributed by atoms with van der Waals surface area (Å²) < 4.78 is 5.51. The van der Waals surface area contributed by atoms with Crippen LogP contribution < -0.4 is 15.0 Å². The minimum atomic E-state index is 0.0217. The normalized spacial score (nSPS) is 20.5. The van der Waals surface area contributed by atoms with Gasteiger partial charge in [0.25, 0.3) is 0 Å². The predicted octanol–water partition coefficient (Wildman–Crippen LogP) is 3.15. The number of benzene rings is 2. The summed E-state index contributed by atoms with van der Waals surface area (Å²) in [6, 6.07) is 12.2. The first kappa shape index (κ1) is 20.1. The highest BCUT2D eigenvalue weighted by Crippen LogP contribution is 2.35. The Morgan fingerprint density at radius 1 is 1.06 bits per heavy atom. The minimum absolute atomic E-state index is 0.0217. The lowest BCUT2D eigenvalue weighted by Gasteiger charge is -2.36. The number of rotatable bonds is 6. The number of carbonyl (C=O) groups is 2. The van der Waals surface area contributed by atoms with Crippen LogP contribution in [0.3, 0.4) is 0 Å². The van der Waals surface area contributed by atoms with Gasteiger partial charge < -0.3 is 15.0 Å².